The van der Waals surface area contributed by atoms with Crippen molar-refractivity contribution in [3.8, 4) is 11.5 Å². The van der Waals surface area contributed by atoms with E-state index < -0.39 is 0 Å². The average Bonchev–Trinajstić information content (AvgIpc) is 3.31. The Morgan fingerprint density at radius 2 is 2.07 bits per heavy atom. The van der Waals surface area contributed by atoms with Gasteiger partial charge in [0.25, 0.3) is 0 Å². The van der Waals surface area contributed by atoms with E-state index in [9.17, 15) is 9.18 Å². The molecule has 1 unspecified atom stereocenters. The standard InChI is InChI=1S/C19H20FN5O2.2ClH/c1-24-8-7-22-18(24)16-11-21-6-9-25(16)17(26)10-15-12-27-19(23-15)13-2-4-14(20)5-3-13;;/h2-5,7-8,12,16,21H,6,9-11H2,1H3;2*1H. The van der Waals surface area contributed by atoms with E-state index in [0.29, 0.717) is 30.2 Å². The summed E-state index contributed by atoms with van der Waals surface area (Å²) in [5.74, 6) is 0.879. The van der Waals surface area contributed by atoms with E-state index >= 15 is 0 Å². The van der Waals surface area contributed by atoms with Crippen LogP contribution in [0.4, 0.5) is 4.39 Å². The Morgan fingerprint density at radius 3 is 2.76 bits per heavy atom. The van der Waals surface area contributed by atoms with Crippen LogP contribution in [0.5, 0.6) is 0 Å². The van der Waals surface area contributed by atoms with E-state index in [1.54, 1.807) is 18.3 Å². The van der Waals surface area contributed by atoms with E-state index in [0.717, 1.165) is 12.4 Å². The predicted octanol–water partition coefficient (Wildman–Crippen LogP) is 2.77. The summed E-state index contributed by atoms with van der Waals surface area (Å²) in [5.41, 5.74) is 1.22. The van der Waals surface area contributed by atoms with Crippen LogP contribution < -0.4 is 5.32 Å². The van der Waals surface area contributed by atoms with Gasteiger partial charge in [0.15, 0.2) is 0 Å². The average molecular weight is 442 g/mol. The summed E-state index contributed by atoms with van der Waals surface area (Å²) in [6, 6.07) is 5.78. The van der Waals surface area contributed by atoms with Gasteiger partial charge in [-0.2, -0.15) is 0 Å². The number of carbonyl (C=O) groups is 1. The van der Waals surface area contributed by atoms with Gasteiger partial charge in [0, 0.05) is 44.6 Å². The zero-order valence-corrected chi connectivity index (χ0v) is 17.4. The number of aryl methyl sites for hydroxylation is 1. The molecule has 0 radical (unpaired) electrons. The number of imidazole rings is 1. The number of carbonyl (C=O) groups excluding carboxylic acids is 1. The minimum Gasteiger partial charge on any atom is -0.444 e. The Hall–Kier alpha value is -2.42. The molecule has 1 fully saturated rings. The van der Waals surface area contributed by atoms with Crippen LogP contribution in [0.3, 0.4) is 0 Å². The van der Waals surface area contributed by atoms with Crippen molar-refractivity contribution in [3.05, 3.63) is 60.3 Å². The highest BCUT2D eigenvalue weighted by Crippen LogP contribution is 2.23. The second-order valence-electron chi connectivity index (χ2n) is 6.53. The number of piperazine rings is 1. The molecule has 0 spiro atoms. The number of amides is 1. The lowest BCUT2D eigenvalue weighted by atomic mass is 10.1. The number of halogens is 3. The van der Waals surface area contributed by atoms with Crippen LogP contribution in [0, 0.1) is 5.82 Å². The molecule has 0 aliphatic carbocycles. The summed E-state index contributed by atoms with van der Waals surface area (Å²) >= 11 is 0. The first kappa shape index (κ1) is 22.9. The molecule has 3 aromatic rings. The Kier molecular flexibility index (Phi) is 7.78. The highest BCUT2D eigenvalue weighted by Gasteiger charge is 2.30. The highest BCUT2D eigenvalue weighted by atomic mass is 35.5. The van der Waals surface area contributed by atoms with Gasteiger partial charge in [-0.05, 0) is 24.3 Å². The molecule has 2 aromatic heterocycles. The Morgan fingerprint density at radius 1 is 1.31 bits per heavy atom. The Labute approximate surface area is 180 Å². The van der Waals surface area contributed by atoms with Crippen LogP contribution in [0.2, 0.25) is 0 Å². The van der Waals surface area contributed by atoms with Crippen molar-refractivity contribution in [2.45, 2.75) is 12.5 Å². The molecule has 1 aromatic carbocycles. The zero-order chi connectivity index (χ0) is 18.8. The van der Waals surface area contributed by atoms with E-state index in [2.05, 4.69) is 15.3 Å². The first-order chi connectivity index (χ1) is 13.1. The van der Waals surface area contributed by atoms with Crippen molar-refractivity contribution in [1.29, 1.82) is 0 Å². The molecule has 0 bridgehead atoms. The fourth-order valence-corrected chi connectivity index (χ4v) is 3.30. The van der Waals surface area contributed by atoms with Gasteiger partial charge in [0.05, 0.1) is 12.1 Å². The number of benzene rings is 1. The van der Waals surface area contributed by atoms with Crippen LogP contribution in [0.15, 0.2) is 47.3 Å². The Balaban J connectivity index is 0.00000150. The fraction of sp³-hybridized carbons (Fsp3) is 0.316. The van der Waals surface area contributed by atoms with Gasteiger partial charge in [-0.15, -0.1) is 24.8 Å². The minimum atomic E-state index is -0.320. The summed E-state index contributed by atoms with van der Waals surface area (Å²) in [4.78, 5) is 23.5. The van der Waals surface area contributed by atoms with E-state index in [1.807, 2.05) is 22.7 Å². The maximum atomic E-state index is 13.1. The monoisotopic (exact) mass is 441 g/mol. The van der Waals surface area contributed by atoms with Gasteiger partial charge in [-0.3, -0.25) is 4.79 Å². The minimum absolute atomic E-state index is 0. The van der Waals surface area contributed by atoms with Crippen LogP contribution in [0.25, 0.3) is 11.5 Å². The molecule has 1 aliphatic rings. The molecule has 7 nitrogen and oxygen atoms in total. The number of nitrogens with zero attached hydrogens (tertiary/aromatic N) is 4. The third kappa shape index (κ3) is 4.95. The maximum Gasteiger partial charge on any atom is 0.229 e. The molecular formula is C19H22Cl2FN5O2. The van der Waals surface area contributed by atoms with Crippen LogP contribution >= 0.6 is 24.8 Å². The van der Waals surface area contributed by atoms with E-state index in [1.165, 1.54) is 18.4 Å². The van der Waals surface area contributed by atoms with Crippen molar-refractivity contribution in [2.75, 3.05) is 19.6 Å². The molecule has 4 rings (SSSR count). The largest absolute Gasteiger partial charge is 0.444 e. The van der Waals surface area contributed by atoms with Crippen molar-refractivity contribution in [3.63, 3.8) is 0 Å². The summed E-state index contributed by atoms with van der Waals surface area (Å²) in [6.45, 7) is 2.02. The molecule has 10 heteroatoms. The van der Waals surface area contributed by atoms with Gasteiger partial charge in [-0.1, -0.05) is 0 Å². The molecule has 1 saturated heterocycles. The number of hydrogen-bond donors (Lipinski definition) is 1. The van der Waals surface area contributed by atoms with Crippen LogP contribution in [-0.4, -0.2) is 45.0 Å². The molecule has 1 N–H and O–H groups in total. The lowest BCUT2D eigenvalue weighted by Crippen LogP contribution is -2.49. The number of aromatic nitrogens is 3. The lowest BCUT2D eigenvalue weighted by molar-refractivity contribution is -0.134. The summed E-state index contributed by atoms with van der Waals surface area (Å²) in [5, 5.41) is 3.32. The normalized spacial score (nSPS) is 16.1. The lowest BCUT2D eigenvalue weighted by Gasteiger charge is -2.35. The molecular weight excluding hydrogens is 420 g/mol. The molecule has 29 heavy (non-hydrogen) atoms. The zero-order valence-electron chi connectivity index (χ0n) is 15.7. The van der Waals surface area contributed by atoms with Crippen molar-refractivity contribution < 1.29 is 13.6 Å². The molecule has 156 valence electrons. The van der Waals surface area contributed by atoms with Gasteiger partial charge in [-0.25, -0.2) is 14.4 Å². The second kappa shape index (κ2) is 9.87. The maximum absolute atomic E-state index is 13.1. The number of rotatable bonds is 4. The van der Waals surface area contributed by atoms with Gasteiger partial charge in [0.2, 0.25) is 11.8 Å². The van der Waals surface area contributed by atoms with Crippen molar-refractivity contribution in [2.24, 2.45) is 7.05 Å². The third-order valence-corrected chi connectivity index (χ3v) is 4.70. The summed E-state index contributed by atoms with van der Waals surface area (Å²) in [7, 11) is 1.92. The van der Waals surface area contributed by atoms with Gasteiger partial charge < -0.3 is 19.2 Å². The van der Waals surface area contributed by atoms with E-state index in [-0.39, 0.29) is 49.0 Å². The second-order valence-corrected chi connectivity index (χ2v) is 6.53. The predicted molar refractivity (Wildman–Crippen MR) is 111 cm³/mol. The molecule has 1 atom stereocenters. The third-order valence-electron chi connectivity index (χ3n) is 4.70. The molecule has 3 heterocycles. The SMILES string of the molecule is Cl.Cl.Cn1ccnc1C1CNCCN1C(=O)Cc1coc(-c2ccc(F)cc2)n1. The van der Waals surface area contributed by atoms with Gasteiger partial charge >= 0.3 is 0 Å². The number of nitrogens with one attached hydrogen (secondary N) is 1. The first-order valence-electron chi connectivity index (χ1n) is 8.79. The highest BCUT2D eigenvalue weighted by molar-refractivity contribution is 5.85. The molecule has 0 saturated carbocycles. The summed E-state index contributed by atoms with van der Waals surface area (Å²) in [6.07, 6.45) is 5.23. The van der Waals surface area contributed by atoms with Crippen molar-refractivity contribution in [1.82, 2.24) is 24.8 Å². The van der Waals surface area contributed by atoms with Crippen molar-refractivity contribution >= 4 is 30.7 Å². The Bertz CT molecular complexity index is 944. The fourth-order valence-electron chi connectivity index (χ4n) is 3.30. The van der Waals surface area contributed by atoms with E-state index in [4.69, 9.17) is 4.42 Å². The smallest absolute Gasteiger partial charge is 0.229 e. The molecule has 1 aliphatic heterocycles. The first-order valence-corrected chi connectivity index (χ1v) is 8.79. The molecule has 1 amide bonds. The number of oxazole rings is 1. The topological polar surface area (TPSA) is 76.2 Å². The van der Waals surface area contributed by atoms with Gasteiger partial charge in [0.1, 0.15) is 23.9 Å². The van der Waals surface area contributed by atoms with Crippen LogP contribution in [-0.2, 0) is 18.3 Å². The van der Waals surface area contributed by atoms with Crippen LogP contribution in [0.1, 0.15) is 17.6 Å². The number of hydrogen-bond acceptors (Lipinski definition) is 5. The quantitative estimate of drug-likeness (QED) is 0.673. The summed E-state index contributed by atoms with van der Waals surface area (Å²) < 4.78 is 20.4.